The first kappa shape index (κ1) is 16.5. The molecule has 0 aromatic heterocycles. The summed E-state index contributed by atoms with van der Waals surface area (Å²) in [4.78, 5) is 0. The van der Waals surface area contributed by atoms with Crippen molar-refractivity contribution in [1.29, 1.82) is 0 Å². The number of hydrogen-bond donors (Lipinski definition) is 0. The SMILES string of the molecule is C=C[C@@]1(C)CC[C@H](C(=C)CC[C@@H]2C(=C)CCCC2(C)C)O1. The quantitative estimate of drug-likeness (QED) is 0.578. The van der Waals surface area contributed by atoms with E-state index >= 15 is 0 Å². The molecule has 0 spiro atoms. The monoisotopic (exact) mass is 288 g/mol. The van der Waals surface area contributed by atoms with Crippen LogP contribution in [0.1, 0.15) is 65.7 Å². The van der Waals surface area contributed by atoms with E-state index in [4.69, 9.17) is 4.74 Å². The van der Waals surface area contributed by atoms with Crippen molar-refractivity contribution in [2.24, 2.45) is 11.3 Å². The minimum atomic E-state index is -0.151. The molecule has 0 aromatic rings. The van der Waals surface area contributed by atoms with E-state index in [1.165, 1.54) is 36.8 Å². The molecule has 2 rings (SSSR count). The highest BCUT2D eigenvalue weighted by Crippen LogP contribution is 2.46. The molecule has 0 radical (unpaired) electrons. The third-order valence-corrected chi connectivity index (χ3v) is 5.71. The molecule has 3 atom stereocenters. The molecule has 21 heavy (non-hydrogen) atoms. The van der Waals surface area contributed by atoms with Crippen LogP contribution in [-0.4, -0.2) is 11.7 Å². The van der Waals surface area contributed by atoms with E-state index < -0.39 is 0 Å². The second-order valence-corrected chi connectivity index (χ2v) is 7.91. The lowest BCUT2D eigenvalue weighted by Gasteiger charge is -2.40. The van der Waals surface area contributed by atoms with Gasteiger partial charge in [0.05, 0.1) is 11.7 Å². The molecular weight excluding hydrogens is 256 g/mol. The van der Waals surface area contributed by atoms with E-state index in [-0.39, 0.29) is 11.7 Å². The minimum absolute atomic E-state index is 0.151. The Hall–Kier alpha value is -0.820. The molecule has 0 amide bonds. The zero-order chi connectivity index (χ0) is 15.7. The summed E-state index contributed by atoms with van der Waals surface area (Å²) in [6.45, 7) is 19.4. The molecule has 2 aliphatic rings. The Bertz CT molecular complexity index is 431. The molecule has 1 saturated carbocycles. The van der Waals surface area contributed by atoms with Gasteiger partial charge in [0.1, 0.15) is 0 Å². The predicted octanol–water partition coefficient (Wildman–Crippen LogP) is 5.83. The van der Waals surface area contributed by atoms with Gasteiger partial charge >= 0.3 is 0 Å². The van der Waals surface area contributed by atoms with Crippen LogP contribution >= 0.6 is 0 Å². The van der Waals surface area contributed by atoms with Crippen LogP contribution in [0.4, 0.5) is 0 Å². The number of ether oxygens (including phenoxy) is 1. The fourth-order valence-corrected chi connectivity index (χ4v) is 4.06. The van der Waals surface area contributed by atoms with Gasteiger partial charge in [-0.1, -0.05) is 38.7 Å². The summed E-state index contributed by atoms with van der Waals surface area (Å²) in [6, 6.07) is 0. The predicted molar refractivity (Wildman–Crippen MR) is 91.3 cm³/mol. The molecule has 0 N–H and O–H groups in total. The average Bonchev–Trinajstić information content (AvgIpc) is 2.81. The van der Waals surface area contributed by atoms with Crippen LogP contribution in [0.15, 0.2) is 37.0 Å². The second-order valence-electron chi connectivity index (χ2n) is 7.91. The Morgan fingerprint density at radius 2 is 2.05 bits per heavy atom. The maximum absolute atomic E-state index is 6.14. The standard InChI is InChI=1S/C20H32O/c1-7-20(6)14-12-18(21-20)16(3)10-11-17-15(2)9-8-13-19(17,4)5/h7,17-18H,1-3,8-14H2,4-6H3/t17-,18-,20+/m1/s1. The van der Waals surface area contributed by atoms with Crippen molar-refractivity contribution in [3.63, 3.8) is 0 Å². The van der Waals surface area contributed by atoms with Gasteiger partial charge in [-0.15, -0.1) is 6.58 Å². The second kappa shape index (κ2) is 6.12. The van der Waals surface area contributed by atoms with Crippen LogP contribution in [0.2, 0.25) is 0 Å². The topological polar surface area (TPSA) is 9.23 Å². The molecule has 1 heteroatoms. The maximum Gasteiger partial charge on any atom is 0.0841 e. The molecular formula is C20H32O. The third-order valence-electron chi connectivity index (χ3n) is 5.71. The Labute approximate surface area is 131 Å². The molecule has 0 unspecified atom stereocenters. The number of rotatable bonds is 5. The lowest BCUT2D eigenvalue weighted by Crippen LogP contribution is -2.30. The fraction of sp³-hybridized carbons (Fsp3) is 0.700. The number of hydrogen-bond acceptors (Lipinski definition) is 1. The smallest absolute Gasteiger partial charge is 0.0841 e. The van der Waals surface area contributed by atoms with Gasteiger partial charge in [-0.25, -0.2) is 0 Å². The maximum atomic E-state index is 6.14. The molecule has 118 valence electrons. The van der Waals surface area contributed by atoms with E-state index in [2.05, 4.69) is 40.5 Å². The first-order valence-electron chi connectivity index (χ1n) is 8.44. The summed E-state index contributed by atoms with van der Waals surface area (Å²) in [5, 5.41) is 0. The Morgan fingerprint density at radius 3 is 2.62 bits per heavy atom. The number of allylic oxidation sites excluding steroid dienone is 1. The molecule has 0 bridgehead atoms. The average molecular weight is 288 g/mol. The third kappa shape index (κ3) is 3.69. The summed E-state index contributed by atoms with van der Waals surface area (Å²) >= 11 is 0. The first-order valence-corrected chi connectivity index (χ1v) is 8.44. The van der Waals surface area contributed by atoms with E-state index in [1.807, 2.05) is 6.08 Å². The largest absolute Gasteiger partial charge is 0.364 e. The van der Waals surface area contributed by atoms with E-state index in [9.17, 15) is 0 Å². The molecule has 1 nitrogen and oxygen atoms in total. The van der Waals surface area contributed by atoms with Crippen molar-refractivity contribution in [3.05, 3.63) is 37.0 Å². The van der Waals surface area contributed by atoms with Crippen molar-refractivity contribution in [2.45, 2.75) is 77.4 Å². The summed E-state index contributed by atoms with van der Waals surface area (Å²) < 4.78 is 6.14. The van der Waals surface area contributed by atoms with E-state index in [0.717, 1.165) is 19.3 Å². The highest BCUT2D eigenvalue weighted by atomic mass is 16.5. The molecule has 1 heterocycles. The normalized spacial score (nSPS) is 35.7. The highest BCUT2D eigenvalue weighted by molar-refractivity contribution is 5.14. The summed E-state index contributed by atoms with van der Waals surface area (Å²) in [6.07, 6.45) is 10.3. The Kier molecular flexibility index (Phi) is 4.82. The van der Waals surface area contributed by atoms with Crippen LogP contribution in [0, 0.1) is 11.3 Å². The van der Waals surface area contributed by atoms with Gasteiger partial charge in [-0.2, -0.15) is 0 Å². The lowest BCUT2D eigenvalue weighted by molar-refractivity contribution is 0.0202. The van der Waals surface area contributed by atoms with Crippen LogP contribution < -0.4 is 0 Å². The molecule has 0 aromatic carbocycles. The van der Waals surface area contributed by atoms with Crippen LogP contribution in [0.5, 0.6) is 0 Å². The van der Waals surface area contributed by atoms with Gasteiger partial charge in [-0.05, 0) is 68.8 Å². The van der Waals surface area contributed by atoms with Crippen molar-refractivity contribution < 1.29 is 4.74 Å². The van der Waals surface area contributed by atoms with Crippen LogP contribution in [0.3, 0.4) is 0 Å². The van der Waals surface area contributed by atoms with Crippen molar-refractivity contribution >= 4 is 0 Å². The van der Waals surface area contributed by atoms with Gasteiger partial charge in [-0.3, -0.25) is 0 Å². The van der Waals surface area contributed by atoms with Crippen molar-refractivity contribution in [1.82, 2.24) is 0 Å². The van der Waals surface area contributed by atoms with Gasteiger partial charge in [0.25, 0.3) is 0 Å². The van der Waals surface area contributed by atoms with Crippen LogP contribution in [0.25, 0.3) is 0 Å². The van der Waals surface area contributed by atoms with Crippen LogP contribution in [-0.2, 0) is 4.74 Å². The minimum Gasteiger partial charge on any atom is -0.364 e. The van der Waals surface area contributed by atoms with E-state index in [1.54, 1.807) is 0 Å². The fourth-order valence-electron chi connectivity index (χ4n) is 4.06. The van der Waals surface area contributed by atoms with Gasteiger partial charge in [0.2, 0.25) is 0 Å². The van der Waals surface area contributed by atoms with Crippen molar-refractivity contribution in [2.75, 3.05) is 0 Å². The first-order chi connectivity index (χ1) is 9.77. The molecule has 2 fully saturated rings. The zero-order valence-corrected chi connectivity index (χ0v) is 14.2. The Morgan fingerprint density at radius 1 is 1.33 bits per heavy atom. The van der Waals surface area contributed by atoms with Gasteiger partial charge in [0, 0.05) is 0 Å². The lowest BCUT2D eigenvalue weighted by atomic mass is 9.65. The highest BCUT2D eigenvalue weighted by Gasteiger charge is 2.37. The van der Waals surface area contributed by atoms with E-state index in [0.29, 0.717) is 11.3 Å². The van der Waals surface area contributed by atoms with Crippen molar-refractivity contribution in [3.8, 4) is 0 Å². The Balaban J connectivity index is 1.89. The summed E-state index contributed by atoms with van der Waals surface area (Å²) in [5.41, 5.74) is 2.94. The summed E-state index contributed by atoms with van der Waals surface area (Å²) in [7, 11) is 0. The van der Waals surface area contributed by atoms with Gasteiger partial charge < -0.3 is 4.74 Å². The molecule has 1 aliphatic carbocycles. The summed E-state index contributed by atoms with van der Waals surface area (Å²) in [5.74, 6) is 0.634. The molecule has 1 aliphatic heterocycles. The van der Waals surface area contributed by atoms with Gasteiger partial charge in [0.15, 0.2) is 0 Å². The molecule has 1 saturated heterocycles. The zero-order valence-electron chi connectivity index (χ0n) is 14.2.